The average molecular weight is 345 g/mol. The quantitative estimate of drug-likeness (QED) is 0.832. The fraction of sp³-hybridized carbons (Fsp3) is 0.600. The minimum Gasteiger partial charge on any atom is -0.350 e. The number of rotatable bonds is 6. The van der Waals surface area contributed by atoms with Gasteiger partial charge in [0.25, 0.3) is 0 Å². The maximum Gasteiger partial charge on any atom is 0.242 e. The van der Waals surface area contributed by atoms with Crippen molar-refractivity contribution >= 4 is 11.8 Å². The van der Waals surface area contributed by atoms with Gasteiger partial charge in [-0.05, 0) is 36.3 Å². The van der Waals surface area contributed by atoms with Crippen LogP contribution in [0.5, 0.6) is 0 Å². The van der Waals surface area contributed by atoms with E-state index >= 15 is 0 Å². The molecule has 0 saturated carbocycles. The van der Waals surface area contributed by atoms with Crippen molar-refractivity contribution in [1.29, 1.82) is 0 Å². The highest BCUT2D eigenvalue weighted by atomic mass is 16.2. The van der Waals surface area contributed by atoms with Gasteiger partial charge in [0, 0.05) is 33.1 Å². The number of carbonyl (C=O) groups is 2. The number of nitrogens with zero attached hydrogens (tertiary/aromatic N) is 1. The highest BCUT2D eigenvalue weighted by Gasteiger charge is 2.22. The number of likely N-dealkylation sites (tertiary alicyclic amines) is 1. The molecule has 138 valence electrons. The molecule has 5 nitrogen and oxygen atoms in total. The van der Waals surface area contributed by atoms with Crippen molar-refractivity contribution in [2.45, 2.75) is 53.2 Å². The number of amides is 2. The number of hydrogen-bond acceptors (Lipinski definition) is 3. The Hall–Kier alpha value is -1.88. The highest BCUT2D eigenvalue weighted by molar-refractivity contribution is 5.86. The van der Waals surface area contributed by atoms with Crippen LogP contribution < -0.4 is 10.6 Å². The number of carbonyl (C=O) groups excluding carboxylic acids is 2. The Bertz CT molecular complexity index is 592. The normalized spacial score (nSPS) is 22.2. The van der Waals surface area contributed by atoms with Crippen LogP contribution >= 0.6 is 0 Å². The lowest BCUT2D eigenvalue weighted by Crippen LogP contribution is -2.43. The fourth-order valence-electron chi connectivity index (χ4n) is 3.75. The molecule has 5 heteroatoms. The summed E-state index contributed by atoms with van der Waals surface area (Å²) >= 11 is 0. The van der Waals surface area contributed by atoms with Crippen LogP contribution in [0.1, 0.15) is 45.2 Å². The van der Waals surface area contributed by atoms with Crippen molar-refractivity contribution in [2.75, 3.05) is 13.1 Å². The molecule has 1 aliphatic heterocycles. The summed E-state index contributed by atoms with van der Waals surface area (Å²) in [4.78, 5) is 25.7. The molecule has 3 atom stereocenters. The second-order valence-electron chi connectivity index (χ2n) is 7.55. The van der Waals surface area contributed by atoms with Gasteiger partial charge in [-0.25, -0.2) is 0 Å². The Balaban J connectivity index is 1.96. The van der Waals surface area contributed by atoms with Crippen molar-refractivity contribution in [3.8, 4) is 0 Å². The Morgan fingerprint density at radius 2 is 1.76 bits per heavy atom. The SMILES string of the molecule is CC(=O)N[C@H](C)C(=O)NCc1ccccc1CN1C[C@@H](C)C[C@H](C)C1. The monoisotopic (exact) mass is 345 g/mol. The third kappa shape index (κ3) is 6.16. The lowest BCUT2D eigenvalue weighted by molar-refractivity contribution is -0.127. The minimum absolute atomic E-state index is 0.162. The minimum atomic E-state index is -0.520. The van der Waals surface area contributed by atoms with Crippen molar-refractivity contribution in [3.63, 3.8) is 0 Å². The molecule has 0 aliphatic carbocycles. The molecule has 2 rings (SSSR count). The van der Waals surface area contributed by atoms with Gasteiger partial charge in [-0.15, -0.1) is 0 Å². The van der Waals surface area contributed by atoms with E-state index in [1.54, 1.807) is 6.92 Å². The van der Waals surface area contributed by atoms with Crippen LogP contribution in [-0.2, 0) is 22.7 Å². The maximum absolute atomic E-state index is 12.1. The molecule has 0 unspecified atom stereocenters. The van der Waals surface area contributed by atoms with E-state index in [0.29, 0.717) is 6.54 Å². The molecule has 25 heavy (non-hydrogen) atoms. The Labute approximate surface area is 151 Å². The van der Waals surface area contributed by atoms with Crippen molar-refractivity contribution in [2.24, 2.45) is 11.8 Å². The van der Waals surface area contributed by atoms with E-state index in [2.05, 4.69) is 47.6 Å². The third-order valence-corrected chi connectivity index (χ3v) is 4.72. The van der Waals surface area contributed by atoms with Gasteiger partial charge in [0.1, 0.15) is 6.04 Å². The van der Waals surface area contributed by atoms with Crippen molar-refractivity contribution < 1.29 is 9.59 Å². The summed E-state index contributed by atoms with van der Waals surface area (Å²) in [5.74, 6) is 1.10. The molecule has 1 heterocycles. The van der Waals surface area contributed by atoms with Gasteiger partial charge in [0.15, 0.2) is 0 Å². The topological polar surface area (TPSA) is 61.4 Å². The van der Waals surface area contributed by atoms with Gasteiger partial charge in [0.2, 0.25) is 11.8 Å². The molecule has 1 aliphatic rings. The van der Waals surface area contributed by atoms with E-state index in [9.17, 15) is 9.59 Å². The molecular weight excluding hydrogens is 314 g/mol. The maximum atomic E-state index is 12.1. The van der Waals surface area contributed by atoms with Crippen LogP contribution in [0, 0.1) is 11.8 Å². The molecular formula is C20H31N3O2. The lowest BCUT2D eigenvalue weighted by Gasteiger charge is -2.35. The lowest BCUT2D eigenvalue weighted by atomic mass is 9.91. The molecule has 0 aromatic heterocycles. The summed E-state index contributed by atoms with van der Waals surface area (Å²) in [5.41, 5.74) is 2.40. The first-order valence-corrected chi connectivity index (χ1v) is 9.19. The predicted octanol–water partition coefficient (Wildman–Crippen LogP) is 2.31. The van der Waals surface area contributed by atoms with Crippen LogP contribution in [0.3, 0.4) is 0 Å². The van der Waals surface area contributed by atoms with Crippen LogP contribution in [0.4, 0.5) is 0 Å². The summed E-state index contributed by atoms with van der Waals surface area (Å²) in [6.45, 7) is 11.4. The second kappa shape index (κ2) is 8.99. The predicted molar refractivity (Wildman–Crippen MR) is 99.8 cm³/mol. The van der Waals surface area contributed by atoms with Crippen molar-refractivity contribution in [1.82, 2.24) is 15.5 Å². The van der Waals surface area contributed by atoms with Crippen LogP contribution in [0.15, 0.2) is 24.3 Å². The van der Waals surface area contributed by atoms with E-state index in [1.165, 1.54) is 18.9 Å². The first kappa shape index (κ1) is 19.4. The number of benzene rings is 1. The fourth-order valence-corrected chi connectivity index (χ4v) is 3.75. The van der Waals surface area contributed by atoms with Crippen molar-refractivity contribution in [3.05, 3.63) is 35.4 Å². The zero-order valence-electron chi connectivity index (χ0n) is 15.8. The second-order valence-corrected chi connectivity index (χ2v) is 7.55. The Morgan fingerprint density at radius 1 is 1.16 bits per heavy atom. The van der Waals surface area contributed by atoms with Gasteiger partial charge < -0.3 is 10.6 Å². The first-order valence-electron chi connectivity index (χ1n) is 9.19. The summed E-state index contributed by atoms with van der Waals surface area (Å²) < 4.78 is 0. The van der Waals surface area contributed by atoms with E-state index in [1.807, 2.05) is 6.07 Å². The van der Waals surface area contributed by atoms with E-state index in [4.69, 9.17) is 0 Å². The van der Waals surface area contributed by atoms with Gasteiger partial charge in [-0.2, -0.15) is 0 Å². The first-order chi connectivity index (χ1) is 11.8. The molecule has 2 N–H and O–H groups in total. The summed E-state index contributed by atoms with van der Waals surface area (Å²) in [6.07, 6.45) is 1.30. The van der Waals surface area contributed by atoms with Crippen LogP contribution in [-0.4, -0.2) is 35.8 Å². The summed E-state index contributed by atoms with van der Waals surface area (Å²) in [5, 5.41) is 5.54. The number of piperidine rings is 1. The standard InChI is InChI=1S/C20H31N3O2/c1-14-9-15(2)12-23(11-14)13-19-8-6-5-7-18(19)10-21-20(25)16(3)22-17(4)24/h5-8,14-16H,9-13H2,1-4H3,(H,21,25)(H,22,24)/t14-,15-,16+/m0/s1. The molecule has 1 saturated heterocycles. The Morgan fingerprint density at radius 3 is 2.36 bits per heavy atom. The van der Waals surface area contributed by atoms with Gasteiger partial charge >= 0.3 is 0 Å². The Kier molecular flexibility index (Phi) is 7.00. The smallest absolute Gasteiger partial charge is 0.242 e. The molecule has 1 fully saturated rings. The molecule has 2 amide bonds. The van der Waals surface area contributed by atoms with Gasteiger partial charge in [-0.3, -0.25) is 14.5 Å². The van der Waals surface area contributed by atoms with Gasteiger partial charge in [-0.1, -0.05) is 38.1 Å². The van der Waals surface area contributed by atoms with Crippen LogP contribution in [0.2, 0.25) is 0 Å². The molecule has 0 bridgehead atoms. The summed E-state index contributed by atoms with van der Waals surface area (Å²) in [6, 6.07) is 7.74. The van der Waals surface area contributed by atoms with E-state index in [-0.39, 0.29) is 11.8 Å². The van der Waals surface area contributed by atoms with Crippen LogP contribution in [0.25, 0.3) is 0 Å². The number of nitrogens with one attached hydrogen (secondary N) is 2. The van der Waals surface area contributed by atoms with E-state index < -0.39 is 6.04 Å². The summed E-state index contributed by atoms with van der Waals surface area (Å²) in [7, 11) is 0. The molecule has 0 spiro atoms. The molecule has 1 aromatic carbocycles. The average Bonchev–Trinajstić information content (AvgIpc) is 2.52. The number of hydrogen-bond donors (Lipinski definition) is 2. The largest absolute Gasteiger partial charge is 0.350 e. The molecule has 0 radical (unpaired) electrons. The zero-order chi connectivity index (χ0) is 18.4. The van der Waals surface area contributed by atoms with Gasteiger partial charge in [0.05, 0.1) is 0 Å². The zero-order valence-corrected chi connectivity index (χ0v) is 15.8. The third-order valence-electron chi connectivity index (χ3n) is 4.72. The highest BCUT2D eigenvalue weighted by Crippen LogP contribution is 2.23. The molecule has 1 aromatic rings. The van der Waals surface area contributed by atoms with E-state index in [0.717, 1.165) is 37.0 Å².